The lowest BCUT2D eigenvalue weighted by molar-refractivity contribution is -0.903. The van der Waals surface area contributed by atoms with Crippen molar-refractivity contribution < 1.29 is 14.7 Å². The molecule has 0 amide bonds. The molecule has 3 heteroatoms. The van der Waals surface area contributed by atoms with E-state index in [9.17, 15) is 5.11 Å². The molecule has 1 atom stereocenters. The Kier molecular flexibility index (Phi) is 6.69. The van der Waals surface area contributed by atoms with Crippen LogP contribution in [0.3, 0.4) is 0 Å². The Morgan fingerprint density at radius 3 is 2.36 bits per heavy atom. The summed E-state index contributed by atoms with van der Waals surface area (Å²) in [6, 6.07) is 14.3. The Bertz CT molecular complexity index is 564. The molecule has 0 aliphatic heterocycles. The lowest BCUT2D eigenvalue weighted by Gasteiger charge is -2.21. The van der Waals surface area contributed by atoms with E-state index in [1.54, 1.807) is 0 Å². The van der Waals surface area contributed by atoms with E-state index >= 15 is 0 Å². The first kappa shape index (κ1) is 16.8. The quantitative estimate of drug-likeness (QED) is 0.745. The van der Waals surface area contributed by atoms with E-state index in [1.807, 2.05) is 24.3 Å². The number of rotatable bonds is 9. The van der Waals surface area contributed by atoms with Gasteiger partial charge in [0.15, 0.2) is 0 Å². The van der Waals surface area contributed by atoms with Crippen molar-refractivity contribution in [2.75, 3.05) is 26.2 Å². The Labute approximate surface area is 133 Å². The van der Waals surface area contributed by atoms with E-state index in [0.717, 1.165) is 38.2 Å². The summed E-state index contributed by atoms with van der Waals surface area (Å²) in [5.74, 6) is 0.824. The number of aliphatic hydroxyl groups excluding tert-OH is 1. The molecule has 120 valence electrons. The van der Waals surface area contributed by atoms with Crippen LogP contribution in [0.15, 0.2) is 42.5 Å². The van der Waals surface area contributed by atoms with Gasteiger partial charge in [0, 0.05) is 0 Å². The van der Waals surface area contributed by atoms with Gasteiger partial charge in [-0.05, 0) is 35.7 Å². The lowest BCUT2D eigenvalue weighted by Crippen LogP contribution is -3.13. The van der Waals surface area contributed by atoms with Gasteiger partial charge in [0.25, 0.3) is 0 Å². The summed E-state index contributed by atoms with van der Waals surface area (Å²) < 4.78 is 5.77. The van der Waals surface area contributed by atoms with Gasteiger partial charge >= 0.3 is 0 Å². The molecule has 2 aromatic carbocycles. The molecule has 2 N–H and O–H groups in total. The van der Waals surface area contributed by atoms with E-state index < -0.39 is 6.10 Å². The first-order valence-electron chi connectivity index (χ1n) is 8.36. The molecule has 2 aromatic rings. The monoisotopic (exact) mass is 302 g/mol. The van der Waals surface area contributed by atoms with Crippen molar-refractivity contribution >= 4 is 10.8 Å². The summed E-state index contributed by atoms with van der Waals surface area (Å²) >= 11 is 0. The lowest BCUT2D eigenvalue weighted by atomic mass is 10.1. The maximum Gasteiger partial charge on any atom is 0.137 e. The standard InChI is InChI=1S/C19H27NO2/c1-3-11-20(12-4-2)14-18(21)15-22-19-10-9-16-7-5-6-8-17(16)13-19/h5-10,13,18,21H,3-4,11-12,14-15H2,1-2H3/p+1/t18-/m0/s1. The first-order valence-corrected chi connectivity index (χ1v) is 8.36. The van der Waals surface area contributed by atoms with Gasteiger partial charge in [-0.2, -0.15) is 0 Å². The molecule has 0 aliphatic carbocycles. The minimum absolute atomic E-state index is 0.356. The van der Waals surface area contributed by atoms with Gasteiger partial charge in [-0.1, -0.05) is 44.2 Å². The number of benzene rings is 2. The molecule has 0 aliphatic rings. The van der Waals surface area contributed by atoms with Crippen molar-refractivity contribution in [1.82, 2.24) is 0 Å². The molecule has 2 rings (SSSR count). The number of fused-ring (bicyclic) bond motifs is 1. The molecule has 0 fully saturated rings. The Morgan fingerprint density at radius 2 is 1.68 bits per heavy atom. The van der Waals surface area contributed by atoms with E-state index in [0.29, 0.717) is 6.61 Å². The second-order valence-corrected chi connectivity index (χ2v) is 5.93. The van der Waals surface area contributed by atoms with Crippen LogP contribution in [-0.4, -0.2) is 37.5 Å². The molecule has 0 unspecified atom stereocenters. The summed E-state index contributed by atoms with van der Waals surface area (Å²) in [4.78, 5) is 1.46. The van der Waals surface area contributed by atoms with Crippen LogP contribution in [0.4, 0.5) is 0 Å². The SMILES string of the molecule is CCC[NH+](CCC)C[C@H](O)COc1ccc2ccccc2c1. The fraction of sp³-hybridized carbons (Fsp3) is 0.474. The number of aliphatic hydroxyl groups is 1. The summed E-state index contributed by atoms with van der Waals surface area (Å²) in [6.45, 7) is 7.72. The van der Waals surface area contributed by atoms with Crippen LogP contribution in [0, 0.1) is 0 Å². The van der Waals surface area contributed by atoms with Gasteiger partial charge < -0.3 is 14.7 Å². The highest BCUT2D eigenvalue weighted by atomic mass is 16.5. The van der Waals surface area contributed by atoms with E-state index in [4.69, 9.17) is 4.74 Å². The fourth-order valence-corrected chi connectivity index (χ4v) is 2.88. The number of ether oxygens (including phenoxy) is 1. The van der Waals surface area contributed by atoms with Crippen LogP contribution in [0.2, 0.25) is 0 Å². The maximum absolute atomic E-state index is 10.2. The number of hydrogen-bond donors (Lipinski definition) is 2. The van der Waals surface area contributed by atoms with Crippen LogP contribution >= 0.6 is 0 Å². The zero-order valence-corrected chi connectivity index (χ0v) is 13.7. The largest absolute Gasteiger partial charge is 0.491 e. The Hall–Kier alpha value is -1.58. The summed E-state index contributed by atoms with van der Waals surface area (Å²) in [5, 5.41) is 12.6. The van der Waals surface area contributed by atoms with Gasteiger partial charge in [-0.25, -0.2) is 0 Å². The molecule has 0 saturated carbocycles. The number of nitrogens with one attached hydrogen (secondary N) is 1. The van der Waals surface area contributed by atoms with Crippen molar-refractivity contribution in [3.63, 3.8) is 0 Å². The second-order valence-electron chi connectivity index (χ2n) is 5.93. The van der Waals surface area contributed by atoms with Gasteiger partial charge in [0.05, 0.1) is 13.1 Å². The van der Waals surface area contributed by atoms with E-state index in [-0.39, 0.29) is 0 Å². The van der Waals surface area contributed by atoms with Gasteiger partial charge in [0.1, 0.15) is 25.0 Å². The Balaban J connectivity index is 1.87. The third kappa shape index (κ3) is 5.00. The molecule has 0 aromatic heterocycles. The van der Waals surface area contributed by atoms with Gasteiger partial charge in [-0.15, -0.1) is 0 Å². The first-order chi connectivity index (χ1) is 10.7. The molecule has 0 heterocycles. The zero-order valence-electron chi connectivity index (χ0n) is 13.7. The minimum Gasteiger partial charge on any atom is -0.491 e. The molecule has 0 radical (unpaired) electrons. The van der Waals surface area contributed by atoms with Gasteiger partial charge in [0.2, 0.25) is 0 Å². The molecular weight excluding hydrogens is 274 g/mol. The van der Waals surface area contributed by atoms with Crippen molar-refractivity contribution in [3.8, 4) is 5.75 Å². The second kappa shape index (κ2) is 8.76. The van der Waals surface area contributed by atoms with Crippen molar-refractivity contribution in [1.29, 1.82) is 0 Å². The maximum atomic E-state index is 10.2. The van der Waals surface area contributed by atoms with Crippen molar-refractivity contribution in [2.24, 2.45) is 0 Å². The topological polar surface area (TPSA) is 33.9 Å². The molecule has 0 saturated heterocycles. The average molecular weight is 302 g/mol. The highest BCUT2D eigenvalue weighted by Crippen LogP contribution is 2.20. The van der Waals surface area contributed by atoms with Crippen LogP contribution < -0.4 is 9.64 Å². The zero-order chi connectivity index (χ0) is 15.8. The van der Waals surface area contributed by atoms with Crippen LogP contribution in [0.5, 0.6) is 5.75 Å². The van der Waals surface area contributed by atoms with Crippen LogP contribution in [0.25, 0.3) is 10.8 Å². The van der Waals surface area contributed by atoms with Crippen LogP contribution in [0.1, 0.15) is 26.7 Å². The normalized spacial score (nSPS) is 12.7. The minimum atomic E-state index is -0.417. The highest BCUT2D eigenvalue weighted by molar-refractivity contribution is 5.83. The predicted octanol–water partition coefficient (Wildman–Crippen LogP) is 2.28. The molecule has 3 nitrogen and oxygen atoms in total. The summed E-state index contributed by atoms with van der Waals surface area (Å²) in [5.41, 5.74) is 0. The fourth-order valence-electron chi connectivity index (χ4n) is 2.88. The third-order valence-corrected chi connectivity index (χ3v) is 3.89. The number of hydrogen-bond acceptors (Lipinski definition) is 2. The predicted molar refractivity (Wildman–Crippen MR) is 91.6 cm³/mol. The van der Waals surface area contributed by atoms with E-state index in [2.05, 4.69) is 32.0 Å². The van der Waals surface area contributed by atoms with E-state index in [1.165, 1.54) is 15.7 Å². The molecule has 22 heavy (non-hydrogen) atoms. The third-order valence-electron chi connectivity index (χ3n) is 3.89. The number of quaternary nitrogens is 1. The smallest absolute Gasteiger partial charge is 0.137 e. The van der Waals surface area contributed by atoms with Crippen molar-refractivity contribution in [3.05, 3.63) is 42.5 Å². The van der Waals surface area contributed by atoms with Gasteiger partial charge in [-0.3, -0.25) is 0 Å². The van der Waals surface area contributed by atoms with Crippen LogP contribution in [-0.2, 0) is 0 Å². The molecular formula is C19H28NO2+. The molecule has 0 spiro atoms. The summed E-state index contributed by atoms with van der Waals surface area (Å²) in [6.07, 6.45) is 1.88. The molecule has 0 bridgehead atoms. The Morgan fingerprint density at radius 1 is 1.00 bits per heavy atom. The average Bonchev–Trinajstić information content (AvgIpc) is 2.53. The van der Waals surface area contributed by atoms with Crippen molar-refractivity contribution in [2.45, 2.75) is 32.8 Å². The highest BCUT2D eigenvalue weighted by Gasteiger charge is 2.14. The summed E-state index contributed by atoms with van der Waals surface area (Å²) in [7, 11) is 0.